The highest BCUT2D eigenvalue weighted by Crippen LogP contribution is 2.32. The summed E-state index contributed by atoms with van der Waals surface area (Å²) in [6, 6.07) is 0. The van der Waals surface area contributed by atoms with E-state index in [2.05, 4.69) is 9.88 Å². The zero-order valence-corrected chi connectivity index (χ0v) is 14.7. The topological polar surface area (TPSA) is 56.8 Å². The van der Waals surface area contributed by atoms with Gasteiger partial charge in [0.05, 0.1) is 5.92 Å². The molecule has 1 saturated carbocycles. The molecule has 2 amide bonds. The molecule has 130 valence electrons. The van der Waals surface area contributed by atoms with Gasteiger partial charge in [-0.05, 0) is 25.2 Å². The van der Waals surface area contributed by atoms with Crippen LogP contribution in [0.5, 0.6) is 0 Å². The fourth-order valence-electron chi connectivity index (χ4n) is 3.69. The number of anilines is 1. The van der Waals surface area contributed by atoms with Crippen molar-refractivity contribution < 1.29 is 9.59 Å². The van der Waals surface area contributed by atoms with Gasteiger partial charge in [-0.1, -0.05) is 0 Å². The second kappa shape index (κ2) is 6.70. The standard InChI is InChI=1S/C17H24N4O2S/c22-15-10-14(12-21(15)11-13-2-3-13)16(23)19-5-1-6-20(8-7-19)17-18-4-9-24-17/h4,9,13-14H,1-3,5-8,10-12H2. The lowest BCUT2D eigenvalue weighted by Gasteiger charge is -2.24. The molecule has 1 unspecified atom stereocenters. The van der Waals surface area contributed by atoms with Crippen LogP contribution < -0.4 is 4.90 Å². The Morgan fingerprint density at radius 2 is 2.12 bits per heavy atom. The number of hydrogen-bond donors (Lipinski definition) is 0. The Hall–Kier alpha value is -1.63. The lowest BCUT2D eigenvalue weighted by Crippen LogP contribution is -2.40. The van der Waals surface area contributed by atoms with Crippen molar-refractivity contribution in [3.8, 4) is 0 Å². The molecule has 1 aromatic heterocycles. The van der Waals surface area contributed by atoms with Crippen LogP contribution in [0.1, 0.15) is 25.7 Å². The molecule has 1 aliphatic carbocycles. The maximum Gasteiger partial charge on any atom is 0.228 e. The molecule has 24 heavy (non-hydrogen) atoms. The van der Waals surface area contributed by atoms with E-state index in [1.54, 1.807) is 11.3 Å². The molecule has 1 atom stereocenters. The van der Waals surface area contributed by atoms with E-state index in [1.807, 2.05) is 21.4 Å². The fourth-order valence-corrected chi connectivity index (χ4v) is 4.38. The number of carbonyl (C=O) groups is 2. The first-order chi connectivity index (χ1) is 11.7. The minimum atomic E-state index is -0.136. The molecule has 2 saturated heterocycles. The second-order valence-corrected chi connectivity index (χ2v) is 8.00. The van der Waals surface area contributed by atoms with Gasteiger partial charge < -0.3 is 14.7 Å². The molecule has 2 aliphatic heterocycles. The molecular formula is C17H24N4O2S. The predicted octanol–water partition coefficient (Wildman–Crippen LogP) is 1.44. The average Bonchev–Trinajstić information content (AvgIpc) is 3.18. The quantitative estimate of drug-likeness (QED) is 0.826. The first kappa shape index (κ1) is 15.9. The smallest absolute Gasteiger partial charge is 0.228 e. The van der Waals surface area contributed by atoms with Gasteiger partial charge in [-0.25, -0.2) is 4.98 Å². The molecule has 0 bridgehead atoms. The molecule has 3 heterocycles. The average molecular weight is 348 g/mol. The van der Waals surface area contributed by atoms with Crippen LogP contribution in [-0.2, 0) is 9.59 Å². The van der Waals surface area contributed by atoms with Crippen molar-refractivity contribution in [2.24, 2.45) is 11.8 Å². The van der Waals surface area contributed by atoms with Crippen molar-refractivity contribution in [1.29, 1.82) is 0 Å². The summed E-state index contributed by atoms with van der Waals surface area (Å²) < 4.78 is 0. The lowest BCUT2D eigenvalue weighted by molar-refractivity contribution is -0.135. The summed E-state index contributed by atoms with van der Waals surface area (Å²) in [4.78, 5) is 35.5. The maximum atomic E-state index is 12.9. The number of rotatable bonds is 4. The van der Waals surface area contributed by atoms with Crippen molar-refractivity contribution in [2.75, 3.05) is 44.2 Å². The van der Waals surface area contributed by atoms with Gasteiger partial charge in [-0.2, -0.15) is 0 Å². The Bertz CT molecular complexity index is 602. The van der Waals surface area contributed by atoms with Gasteiger partial charge in [0.15, 0.2) is 5.13 Å². The summed E-state index contributed by atoms with van der Waals surface area (Å²) in [6.07, 6.45) is 5.66. The Balaban J connectivity index is 1.33. The van der Waals surface area contributed by atoms with E-state index in [1.165, 1.54) is 12.8 Å². The molecule has 6 nitrogen and oxygen atoms in total. The highest BCUT2D eigenvalue weighted by Gasteiger charge is 2.38. The highest BCUT2D eigenvalue weighted by molar-refractivity contribution is 7.13. The van der Waals surface area contributed by atoms with Gasteiger partial charge in [-0.15, -0.1) is 11.3 Å². The summed E-state index contributed by atoms with van der Waals surface area (Å²) in [5, 5.41) is 3.03. The van der Waals surface area contributed by atoms with Gasteiger partial charge >= 0.3 is 0 Å². The van der Waals surface area contributed by atoms with Crippen LogP contribution in [0.25, 0.3) is 0 Å². The first-order valence-electron chi connectivity index (χ1n) is 8.91. The van der Waals surface area contributed by atoms with Crippen LogP contribution in [0.15, 0.2) is 11.6 Å². The molecule has 0 N–H and O–H groups in total. The number of likely N-dealkylation sites (tertiary alicyclic amines) is 1. The molecule has 4 rings (SSSR count). The van der Waals surface area contributed by atoms with E-state index >= 15 is 0 Å². The minimum Gasteiger partial charge on any atom is -0.346 e. The summed E-state index contributed by atoms with van der Waals surface area (Å²) in [7, 11) is 0. The van der Waals surface area contributed by atoms with E-state index < -0.39 is 0 Å². The Morgan fingerprint density at radius 1 is 1.25 bits per heavy atom. The number of carbonyl (C=O) groups excluding carboxylic acids is 2. The van der Waals surface area contributed by atoms with Crippen molar-refractivity contribution in [3.63, 3.8) is 0 Å². The van der Waals surface area contributed by atoms with Gasteiger partial charge in [0, 0.05) is 57.3 Å². The van der Waals surface area contributed by atoms with Gasteiger partial charge in [0.1, 0.15) is 0 Å². The normalized spacial score (nSPS) is 25.2. The Morgan fingerprint density at radius 3 is 2.88 bits per heavy atom. The molecule has 3 aliphatic rings. The van der Waals surface area contributed by atoms with Crippen molar-refractivity contribution in [2.45, 2.75) is 25.7 Å². The predicted molar refractivity (Wildman–Crippen MR) is 92.9 cm³/mol. The van der Waals surface area contributed by atoms with Crippen molar-refractivity contribution >= 4 is 28.3 Å². The third kappa shape index (κ3) is 3.41. The Labute approximate surface area is 146 Å². The molecule has 3 fully saturated rings. The number of aromatic nitrogens is 1. The van der Waals surface area contributed by atoms with E-state index in [-0.39, 0.29) is 17.7 Å². The molecule has 0 aromatic carbocycles. The number of thiazole rings is 1. The number of nitrogens with zero attached hydrogens (tertiary/aromatic N) is 4. The summed E-state index contributed by atoms with van der Waals surface area (Å²) >= 11 is 1.65. The van der Waals surface area contributed by atoms with Crippen molar-refractivity contribution in [3.05, 3.63) is 11.6 Å². The molecule has 7 heteroatoms. The largest absolute Gasteiger partial charge is 0.346 e. The van der Waals surface area contributed by atoms with E-state index in [9.17, 15) is 9.59 Å². The van der Waals surface area contributed by atoms with Crippen LogP contribution >= 0.6 is 11.3 Å². The van der Waals surface area contributed by atoms with Crippen LogP contribution in [-0.4, -0.2) is 65.9 Å². The number of hydrogen-bond acceptors (Lipinski definition) is 5. The lowest BCUT2D eigenvalue weighted by atomic mass is 10.1. The van der Waals surface area contributed by atoms with Crippen LogP contribution in [0.4, 0.5) is 5.13 Å². The summed E-state index contributed by atoms with van der Waals surface area (Å²) in [6.45, 7) is 4.77. The summed E-state index contributed by atoms with van der Waals surface area (Å²) in [5.41, 5.74) is 0. The third-order valence-corrected chi connectivity index (χ3v) is 6.07. The van der Waals surface area contributed by atoms with Crippen LogP contribution in [0, 0.1) is 11.8 Å². The molecule has 1 aromatic rings. The van der Waals surface area contributed by atoms with Crippen LogP contribution in [0.3, 0.4) is 0 Å². The van der Waals surface area contributed by atoms with Gasteiger partial charge in [0.25, 0.3) is 0 Å². The SMILES string of the molecule is O=C1CC(C(=O)N2CCCN(c3nccs3)CC2)CN1CC1CC1. The molecule has 0 spiro atoms. The highest BCUT2D eigenvalue weighted by atomic mass is 32.1. The zero-order chi connectivity index (χ0) is 16.5. The fraction of sp³-hybridized carbons (Fsp3) is 0.706. The monoisotopic (exact) mass is 348 g/mol. The summed E-state index contributed by atoms with van der Waals surface area (Å²) in [5.74, 6) is 0.887. The second-order valence-electron chi connectivity index (χ2n) is 7.12. The number of amides is 2. The maximum absolute atomic E-state index is 12.9. The third-order valence-electron chi connectivity index (χ3n) is 5.24. The zero-order valence-electron chi connectivity index (χ0n) is 13.9. The van der Waals surface area contributed by atoms with E-state index in [0.717, 1.165) is 44.3 Å². The Kier molecular flexibility index (Phi) is 4.43. The molecule has 0 radical (unpaired) electrons. The molecular weight excluding hydrogens is 324 g/mol. The van der Waals surface area contributed by atoms with Gasteiger partial charge in [-0.3, -0.25) is 9.59 Å². The minimum absolute atomic E-state index is 0.136. The van der Waals surface area contributed by atoms with E-state index in [0.29, 0.717) is 18.9 Å². The first-order valence-corrected chi connectivity index (χ1v) is 9.79. The van der Waals surface area contributed by atoms with Crippen molar-refractivity contribution in [1.82, 2.24) is 14.8 Å². The van der Waals surface area contributed by atoms with E-state index in [4.69, 9.17) is 0 Å². The van der Waals surface area contributed by atoms with Crippen LogP contribution in [0.2, 0.25) is 0 Å². The van der Waals surface area contributed by atoms with Gasteiger partial charge in [0.2, 0.25) is 11.8 Å².